The summed E-state index contributed by atoms with van der Waals surface area (Å²) in [4.78, 5) is 6.77. The molecule has 0 aromatic heterocycles. The molecule has 0 bridgehead atoms. The van der Waals surface area contributed by atoms with E-state index in [1.54, 1.807) is 6.07 Å². The fourth-order valence-corrected chi connectivity index (χ4v) is 2.93. The van der Waals surface area contributed by atoms with Gasteiger partial charge in [0.25, 0.3) is 0 Å². The van der Waals surface area contributed by atoms with Crippen LogP contribution in [-0.2, 0) is 6.42 Å². The number of aliphatic imine (C=N–C) groups is 1. The summed E-state index contributed by atoms with van der Waals surface area (Å²) in [5, 5.41) is 3.34. The van der Waals surface area contributed by atoms with Crippen LogP contribution in [0.15, 0.2) is 28.9 Å². The second kappa shape index (κ2) is 6.22. The summed E-state index contributed by atoms with van der Waals surface area (Å²) >= 11 is 0. The number of benzene rings is 1. The number of nitrogens with one attached hydrogen (secondary N) is 1. The molecule has 23 heavy (non-hydrogen) atoms. The average Bonchev–Trinajstić information content (AvgIpc) is 2.95. The molecule has 0 aliphatic carbocycles. The van der Waals surface area contributed by atoms with E-state index in [-0.39, 0.29) is 11.9 Å². The van der Waals surface area contributed by atoms with E-state index >= 15 is 0 Å². The fourth-order valence-electron chi connectivity index (χ4n) is 2.93. The van der Waals surface area contributed by atoms with Crippen molar-refractivity contribution in [3.63, 3.8) is 0 Å². The average molecular weight is 317 g/mol. The molecular formula is C18H24FN3O. The lowest BCUT2D eigenvalue weighted by Crippen LogP contribution is -2.36. The van der Waals surface area contributed by atoms with E-state index in [0.717, 1.165) is 29.1 Å². The number of hydrogen-bond donors (Lipinski definition) is 1. The van der Waals surface area contributed by atoms with Crippen molar-refractivity contribution >= 4 is 5.84 Å². The smallest absolute Gasteiger partial charge is 0.129 e. The first-order valence-corrected chi connectivity index (χ1v) is 8.16. The zero-order valence-electron chi connectivity index (χ0n) is 14.2. The van der Waals surface area contributed by atoms with Crippen LogP contribution in [0.5, 0.6) is 5.75 Å². The largest absolute Gasteiger partial charge is 0.493 e. The molecule has 0 fully saturated rings. The Hall–Kier alpha value is -2.04. The van der Waals surface area contributed by atoms with Crippen LogP contribution < -0.4 is 10.1 Å². The highest BCUT2D eigenvalue weighted by molar-refractivity contribution is 5.98. The standard InChI is InChI=1S/C18H24FN3O/c1-11(2)22-9-12(3)18(20-10-22)21-13(4)15-8-17-14(5-6-23-17)7-16(15)19/h7-9,11,13H,5-6,10H2,1-4H3,(H,20,21)/t13-/m0/s1. The lowest BCUT2D eigenvalue weighted by molar-refractivity contribution is 0.315. The first-order valence-electron chi connectivity index (χ1n) is 8.16. The first kappa shape index (κ1) is 15.8. The van der Waals surface area contributed by atoms with Crippen LogP contribution in [0.1, 0.15) is 44.9 Å². The van der Waals surface area contributed by atoms with Gasteiger partial charge in [-0.3, -0.25) is 0 Å². The van der Waals surface area contributed by atoms with Gasteiger partial charge in [-0.15, -0.1) is 0 Å². The number of nitrogens with zero attached hydrogens (tertiary/aromatic N) is 2. The second-order valence-electron chi connectivity index (χ2n) is 6.51. The first-order chi connectivity index (χ1) is 11.0. The number of rotatable bonds is 3. The van der Waals surface area contributed by atoms with Gasteiger partial charge in [0.15, 0.2) is 0 Å². The minimum Gasteiger partial charge on any atom is -0.493 e. The number of amidine groups is 1. The SMILES string of the molecule is CC1=CN(C(C)C)CN=C1N[C@@H](C)c1cc2c(cc1F)CCO2. The molecular weight excluding hydrogens is 293 g/mol. The molecule has 1 atom stereocenters. The molecule has 4 nitrogen and oxygen atoms in total. The molecule has 0 saturated heterocycles. The highest BCUT2D eigenvalue weighted by atomic mass is 19.1. The Morgan fingerprint density at radius 3 is 2.78 bits per heavy atom. The molecule has 1 aromatic carbocycles. The number of hydrogen-bond acceptors (Lipinski definition) is 4. The van der Waals surface area contributed by atoms with Crippen LogP contribution in [0.25, 0.3) is 0 Å². The molecule has 0 saturated carbocycles. The third kappa shape index (κ3) is 3.19. The van der Waals surface area contributed by atoms with Crippen molar-refractivity contribution in [2.24, 2.45) is 4.99 Å². The van der Waals surface area contributed by atoms with Crippen molar-refractivity contribution in [2.75, 3.05) is 13.3 Å². The third-order valence-corrected chi connectivity index (χ3v) is 4.42. The number of ether oxygens (including phenoxy) is 1. The molecule has 3 rings (SSSR count). The van der Waals surface area contributed by atoms with E-state index in [4.69, 9.17) is 4.74 Å². The Labute approximate surface area is 137 Å². The predicted octanol–water partition coefficient (Wildman–Crippen LogP) is 3.40. The van der Waals surface area contributed by atoms with Gasteiger partial charge < -0.3 is 15.0 Å². The van der Waals surface area contributed by atoms with E-state index in [2.05, 4.69) is 35.3 Å². The van der Waals surface area contributed by atoms with Gasteiger partial charge in [-0.25, -0.2) is 9.38 Å². The van der Waals surface area contributed by atoms with E-state index in [0.29, 0.717) is 24.9 Å². The minimum atomic E-state index is -0.184. The summed E-state index contributed by atoms with van der Waals surface area (Å²) < 4.78 is 19.9. The van der Waals surface area contributed by atoms with Crippen LogP contribution in [0.4, 0.5) is 4.39 Å². The summed E-state index contributed by atoms with van der Waals surface area (Å²) in [6, 6.07) is 3.66. The van der Waals surface area contributed by atoms with Gasteiger partial charge in [0.2, 0.25) is 0 Å². The Morgan fingerprint density at radius 1 is 1.30 bits per heavy atom. The maximum atomic E-state index is 14.4. The van der Waals surface area contributed by atoms with Crippen LogP contribution in [0.3, 0.4) is 0 Å². The Morgan fingerprint density at radius 2 is 2.09 bits per heavy atom. The Balaban J connectivity index is 1.75. The van der Waals surface area contributed by atoms with E-state index in [1.807, 2.05) is 19.9 Å². The zero-order chi connectivity index (χ0) is 16.6. The molecule has 1 N–H and O–H groups in total. The topological polar surface area (TPSA) is 36.9 Å². The van der Waals surface area contributed by atoms with Crippen molar-refractivity contribution in [3.8, 4) is 5.75 Å². The molecule has 0 unspecified atom stereocenters. The van der Waals surface area contributed by atoms with Crippen molar-refractivity contribution < 1.29 is 9.13 Å². The molecule has 2 aliphatic rings. The van der Waals surface area contributed by atoms with Gasteiger partial charge in [-0.05, 0) is 39.8 Å². The van der Waals surface area contributed by atoms with Crippen LogP contribution >= 0.6 is 0 Å². The third-order valence-electron chi connectivity index (χ3n) is 4.42. The van der Waals surface area contributed by atoms with Gasteiger partial charge in [0, 0.05) is 35.4 Å². The number of halogens is 1. The maximum absolute atomic E-state index is 14.4. The summed E-state index contributed by atoms with van der Waals surface area (Å²) in [6.07, 6.45) is 2.89. The monoisotopic (exact) mass is 317 g/mol. The highest BCUT2D eigenvalue weighted by Crippen LogP contribution is 2.31. The van der Waals surface area contributed by atoms with Crippen LogP contribution in [0.2, 0.25) is 0 Å². The Kier molecular flexibility index (Phi) is 4.28. The van der Waals surface area contributed by atoms with E-state index in [1.165, 1.54) is 0 Å². The molecule has 124 valence electrons. The predicted molar refractivity (Wildman–Crippen MR) is 90.2 cm³/mol. The van der Waals surface area contributed by atoms with Crippen molar-refractivity contribution in [3.05, 3.63) is 40.8 Å². The van der Waals surface area contributed by atoms with Crippen molar-refractivity contribution in [2.45, 2.75) is 46.2 Å². The van der Waals surface area contributed by atoms with Crippen LogP contribution in [0, 0.1) is 5.82 Å². The fraction of sp³-hybridized carbons (Fsp3) is 0.500. The van der Waals surface area contributed by atoms with E-state index < -0.39 is 0 Å². The molecule has 0 spiro atoms. The molecule has 2 heterocycles. The normalized spacial score (nSPS) is 18.3. The quantitative estimate of drug-likeness (QED) is 0.928. The Bertz CT molecular complexity index is 666. The summed E-state index contributed by atoms with van der Waals surface area (Å²) in [5.74, 6) is 1.45. The lowest BCUT2D eigenvalue weighted by Gasteiger charge is -2.29. The molecule has 1 aromatic rings. The highest BCUT2D eigenvalue weighted by Gasteiger charge is 2.21. The van der Waals surface area contributed by atoms with Crippen molar-refractivity contribution in [1.82, 2.24) is 10.2 Å². The second-order valence-corrected chi connectivity index (χ2v) is 6.51. The molecule has 0 radical (unpaired) electrons. The lowest BCUT2D eigenvalue weighted by atomic mass is 10.0. The van der Waals surface area contributed by atoms with Gasteiger partial charge >= 0.3 is 0 Å². The molecule has 2 aliphatic heterocycles. The minimum absolute atomic E-state index is 0.169. The van der Waals surface area contributed by atoms with Gasteiger partial charge in [0.1, 0.15) is 24.1 Å². The van der Waals surface area contributed by atoms with Gasteiger partial charge in [-0.2, -0.15) is 0 Å². The van der Waals surface area contributed by atoms with Gasteiger partial charge in [0.05, 0.1) is 12.6 Å². The summed E-state index contributed by atoms with van der Waals surface area (Å²) in [5.41, 5.74) is 2.64. The van der Waals surface area contributed by atoms with Crippen LogP contribution in [-0.4, -0.2) is 30.1 Å². The summed E-state index contributed by atoms with van der Waals surface area (Å²) in [7, 11) is 0. The summed E-state index contributed by atoms with van der Waals surface area (Å²) in [6.45, 7) is 9.51. The van der Waals surface area contributed by atoms with Crippen molar-refractivity contribution in [1.29, 1.82) is 0 Å². The molecule has 0 amide bonds. The zero-order valence-corrected chi connectivity index (χ0v) is 14.2. The molecule has 5 heteroatoms. The number of fused-ring (bicyclic) bond motifs is 1. The van der Waals surface area contributed by atoms with E-state index in [9.17, 15) is 4.39 Å². The van der Waals surface area contributed by atoms with Gasteiger partial charge in [-0.1, -0.05) is 0 Å². The maximum Gasteiger partial charge on any atom is 0.129 e.